The van der Waals surface area contributed by atoms with Gasteiger partial charge in [-0.05, 0) is 50.0 Å². The average molecular weight is 282 g/mol. The molecule has 1 heterocycles. The van der Waals surface area contributed by atoms with Crippen LogP contribution in [0.3, 0.4) is 0 Å². The van der Waals surface area contributed by atoms with Gasteiger partial charge in [0.25, 0.3) is 0 Å². The van der Waals surface area contributed by atoms with Crippen molar-refractivity contribution in [2.75, 3.05) is 30.7 Å². The van der Waals surface area contributed by atoms with Crippen LogP contribution in [0.15, 0.2) is 18.2 Å². The lowest BCUT2D eigenvalue weighted by atomic mass is 9.99. The molecule has 0 saturated carbocycles. The van der Waals surface area contributed by atoms with Gasteiger partial charge in [-0.2, -0.15) is 0 Å². The van der Waals surface area contributed by atoms with Crippen LogP contribution < -0.4 is 11.1 Å². The molecule has 104 valence electrons. The summed E-state index contributed by atoms with van der Waals surface area (Å²) in [5.41, 5.74) is 6.87. The fourth-order valence-electron chi connectivity index (χ4n) is 2.25. The molecular formula is C14H20ClN3O. The molecule has 1 aliphatic rings. The fraction of sp³-hybridized carbons (Fsp3) is 0.500. The summed E-state index contributed by atoms with van der Waals surface area (Å²) in [6, 6.07) is 5.13. The number of hydrogen-bond donors (Lipinski definition) is 2. The van der Waals surface area contributed by atoms with Crippen LogP contribution in [0.5, 0.6) is 0 Å². The van der Waals surface area contributed by atoms with Gasteiger partial charge in [-0.15, -0.1) is 0 Å². The highest BCUT2D eigenvalue weighted by molar-refractivity contribution is 6.33. The van der Waals surface area contributed by atoms with E-state index in [9.17, 15) is 4.79 Å². The number of benzene rings is 1. The number of hydrogen-bond acceptors (Lipinski definition) is 3. The van der Waals surface area contributed by atoms with Crippen molar-refractivity contribution in [3.63, 3.8) is 0 Å². The lowest BCUT2D eigenvalue weighted by Crippen LogP contribution is -2.38. The zero-order chi connectivity index (χ0) is 13.8. The molecule has 1 saturated heterocycles. The molecule has 1 aromatic carbocycles. The van der Waals surface area contributed by atoms with Gasteiger partial charge in [0.15, 0.2) is 0 Å². The van der Waals surface area contributed by atoms with Crippen LogP contribution in [-0.2, 0) is 4.79 Å². The zero-order valence-electron chi connectivity index (χ0n) is 11.2. The Bertz CT molecular complexity index is 456. The van der Waals surface area contributed by atoms with Crippen LogP contribution in [0.1, 0.15) is 19.8 Å². The minimum Gasteiger partial charge on any atom is -0.397 e. The minimum absolute atomic E-state index is 0.00345. The summed E-state index contributed by atoms with van der Waals surface area (Å²) in [5.74, 6) is 0.770. The van der Waals surface area contributed by atoms with Crippen molar-refractivity contribution in [1.82, 2.24) is 4.90 Å². The maximum Gasteiger partial charge on any atom is 0.238 e. The van der Waals surface area contributed by atoms with E-state index in [-0.39, 0.29) is 5.91 Å². The molecule has 1 aliphatic heterocycles. The molecule has 2 rings (SSSR count). The highest BCUT2D eigenvalue weighted by Gasteiger charge is 2.17. The molecule has 3 N–H and O–H groups in total. The van der Waals surface area contributed by atoms with E-state index in [0.29, 0.717) is 22.9 Å². The third-order valence-electron chi connectivity index (χ3n) is 3.52. The van der Waals surface area contributed by atoms with Crippen LogP contribution in [0.2, 0.25) is 5.02 Å². The number of carbonyl (C=O) groups excluding carboxylic acids is 1. The molecule has 0 aliphatic carbocycles. The summed E-state index contributed by atoms with van der Waals surface area (Å²) in [4.78, 5) is 14.1. The molecule has 0 aromatic heterocycles. The number of rotatable bonds is 3. The van der Waals surface area contributed by atoms with Gasteiger partial charge in [0, 0.05) is 5.69 Å². The van der Waals surface area contributed by atoms with E-state index in [1.807, 2.05) is 0 Å². The third-order valence-corrected chi connectivity index (χ3v) is 3.87. The third kappa shape index (κ3) is 4.11. The van der Waals surface area contributed by atoms with Gasteiger partial charge >= 0.3 is 0 Å². The lowest BCUT2D eigenvalue weighted by molar-refractivity contribution is -0.117. The molecule has 1 aromatic rings. The molecule has 1 amide bonds. The minimum atomic E-state index is -0.00345. The van der Waals surface area contributed by atoms with Gasteiger partial charge < -0.3 is 11.1 Å². The second kappa shape index (κ2) is 6.26. The Labute approximate surface area is 118 Å². The zero-order valence-corrected chi connectivity index (χ0v) is 11.9. The van der Waals surface area contributed by atoms with Crippen LogP contribution in [0.25, 0.3) is 0 Å². The van der Waals surface area contributed by atoms with Crippen molar-refractivity contribution < 1.29 is 4.79 Å². The summed E-state index contributed by atoms with van der Waals surface area (Å²) in [7, 11) is 0. The number of nitrogens with one attached hydrogen (secondary N) is 1. The Morgan fingerprint density at radius 3 is 2.79 bits per heavy atom. The van der Waals surface area contributed by atoms with Crippen LogP contribution in [0.4, 0.5) is 11.4 Å². The van der Waals surface area contributed by atoms with Gasteiger partial charge in [-0.3, -0.25) is 9.69 Å². The van der Waals surface area contributed by atoms with Crippen molar-refractivity contribution in [2.24, 2.45) is 5.92 Å². The molecule has 1 fully saturated rings. The van der Waals surface area contributed by atoms with E-state index in [4.69, 9.17) is 17.3 Å². The van der Waals surface area contributed by atoms with Crippen molar-refractivity contribution in [1.29, 1.82) is 0 Å². The van der Waals surface area contributed by atoms with Crippen molar-refractivity contribution >= 4 is 28.9 Å². The summed E-state index contributed by atoms with van der Waals surface area (Å²) < 4.78 is 0. The molecule has 0 bridgehead atoms. The van der Waals surface area contributed by atoms with E-state index < -0.39 is 0 Å². The second-order valence-electron chi connectivity index (χ2n) is 5.24. The van der Waals surface area contributed by atoms with E-state index in [1.165, 1.54) is 12.8 Å². The summed E-state index contributed by atoms with van der Waals surface area (Å²) in [6.07, 6.45) is 2.34. The number of piperidine rings is 1. The summed E-state index contributed by atoms with van der Waals surface area (Å²) >= 11 is 5.84. The molecule has 0 spiro atoms. The van der Waals surface area contributed by atoms with Crippen molar-refractivity contribution in [3.8, 4) is 0 Å². The quantitative estimate of drug-likeness (QED) is 0.837. The Kier molecular flexibility index (Phi) is 4.66. The lowest BCUT2D eigenvalue weighted by Gasteiger charge is -2.29. The fourth-order valence-corrected chi connectivity index (χ4v) is 2.36. The number of anilines is 2. The molecule has 5 heteroatoms. The maximum atomic E-state index is 11.9. The highest BCUT2D eigenvalue weighted by Crippen LogP contribution is 2.22. The van der Waals surface area contributed by atoms with Crippen LogP contribution in [-0.4, -0.2) is 30.4 Å². The average Bonchev–Trinajstić information content (AvgIpc) is 2.37. The SMILES string of the molecule is CC1CCN(CC(=O)Nc2ccc(Cl)c(N)c2)CC1. The normalized spacial score (nSPS) is 17.4. The van der Waals surface area contributed by atoms with Gasteiger partial charge in [0.2, 0.25) is 5.91 Å². The van der Waals surface area contributed by atoms with Gasteiger partial charge in [-0.1, -0.05) is 18.5 Å². The summed E-state index contributed by atoms with van der Waals surface area (Å²) in [6.45, 7) is 4.69. The van der Waals surface area contributed by atoms with Crippen molar-refractivity contribution in [2.45, 2.75) is 19.8 Å². The number of nitrogens with two attached hydrogens (primary N) is 1. The molecule has 0 radical (unpaired) electrons. The Hall–Kier alpha value is -1.26. The largest absolute Gasteiger partial charge is 0.397 e. The molecule has 4 nitrogen and oxygen atoms in total. The van der Waals surface area contributed by atoms with E-state index in [1.54, 1.807) is 18.2 Å². The Morgan fingerprint density at radius 1 is 1.47 bits per heavy atom. The number of nitrogen functional groups attached to an aromatic ring is 1. The van der Waals surface area contributed by atoms with E-state index >= 15 is 0 Å². The number of halogens is 1. The Balaban J connectivity index is 1.85. The van der Waals surface area contributed by atoms with E-state index in [2.05, 4.69) is 17.1 Å². The number of amides is 1. The molecule has 0 atom stereocenters. The second-order valence-corrected chi connectivity index (χ2v) is 5.65. The first-order chi connectivity index (χ1) is 9.04. The number of nitrogens with zero attached hydrogens (tertiary/aromatic N) is 1. The predicted molar refractivity (Wildman–Crippen MR) is 79.3 cm³/mol. The first-order valence-corrected chi connectivity index (χ1v) is 6.99. The number of carbonyl (C=O) groups is 1. The van der Waals surface area contributed by atoms with E-state index in [0.717, 1.165) is 19.0 Å². The van der Waals surface area contributed by atoms with Crippen LogP contribution >= 0.6 is 11.6 Å². The molecule has 19 heavy (non-hydrogen) atoms. The monoisotopic (exact) mass is 281 g/mol. The smallest absolute Gasteiger partial charge is 0.238 e. The first-order valence-electron chi connectivity index (χ1n) is 6.62. The van der Waals surface area contributed by atoms with Gasteiger partial charge in [0.1, 0.15) is 0 Å². The maximum absolute atomic E-state index is 11.9. The highest BCUT2D eigenvalue weighted by atomic mass is 35.5. The van der Waals surface area contributed by atoms with Crippen LogP contribution in [0, 0.1) is 5.92 Å². The number of likely N-dealkylation sites (tertiary alicyclic amines) is 1. The standard InChI is InChI=1S/C14H20ClN3O/c1-10-4-6-18(7-5-10)9-14(19)17-11-2-3-12(15)13(16)8-11/h2-3,8,10H,4-7,9,16H2,1H3,(H,17,19). The van der Waals surface area contributed by atoms with Gasteiger partial charge in [-0.25, -0.2) is 0 Å². The molecule has 0 unspecified atom stereocenters. The first kappa shape index (κ1) is 14.2. The molecular weight excluding hydrogens is 262 g/mol. The van der Waals surface area contributed by atoms with Gasteiger partial charge in [0.05, 0.1) is 17.3 Å². The summed E-state index contributed by atoms with van der Waals surface area (Å²) in [5, 5.41) is 3.35. The van der Waals surface area contributed by atoms with Crippen molar-refractivity contribution in [3.05, 3.63) is 23.2 Å². The topological polar surface area (TPSA) is 58.4 Å². The Morgan fingerprint density at radius 2 is 2.16 bits per heavy atom. The predicted octanol–water partition coefficient (Wildman–Crippen LogP) is 2.59.